The minimum absolute atomic E-state index is 0.0362. The monoisotopic (exact) mass is 508 g/mol. The van der Waals surface area contributed by atoms with E-state index in [1.54, 1.807) is 4.57 Å². The number of hydrogen-bond acceptors (Lipinski definition) is 6. The molecule has 0 bridgehead atoms. The zero-order valence-corrected chi connectivity index (χ0v) is 17.8. The number of nitrogens with one attached hydrogen (secondary N) is 1. The number of nitrogens with two attached hydrogens (primary N) is 1. The second kappa shape index (κ2) is 7.65. The van der Waals surface area contributed by atoms with Gasteiger partial charge in [0.05, 0.1) is 0 Å². The smallest absolute Gasteiger partial charge is 0.312 e. The third-order valence-electron chi connectivity index (χ3n) is 4.93. The molecule has 2 aromatic heterocycles. The van der Waals surface area contributed by atoms with Gasteiger partial charge in [-0.2, -0.15) is 14.4 Å². The maximum Gasteiger partial charge on any atom is 0.312 e. The number of Topliss-reactive ketones (excluding diaryl/α,β-unsaturated/α-hetero) is 1. The molecule has 4 rings (SSSR count). The lowest BCUT2D eigenvalue weighted by Crippen LogP contribution is -2.25. The number of aryl methyl sites for hydroxylation is 1. The van der Waals surface area contributed by atoms with Crippen molar-refractivity contribution in [3.8, 4) is 0 Å². The molecular weight excluding hydrogens is 490 g/mol. The normalized spacial score (nSPS) is 13.1. The van der Waals surface area contributed by atoms with Crippen LogP contribution in [0.25, 0.3) is 11.2 Å². The molecule has 3 N–H and O–H groups in total. The van der Waals surface area contributed by atoms with Gasteiger partial charge in [0.2, 0.25) is 5.91 Å². The number of fused-ring (bicyclic) bond motifs is 2. The van der Waals surface area contributed by atoms with Crippen molar-refractivity contribution >= 4 is 51.3 Å². The van der Waals surface area contributed by atoms with Gasteiger partial charge in [-0.25, -0.2) is 4.98 Å². The first kappa shape index (κ1) is 19.7. The van der Waals surface area contributed by atoms with E-state index in [4.69, 9.17) is 5.73 Å². The van der Waals surface area contributed by atoms with Crippen LogP contribution in [0, 0.1) is 9.65 Å². The van der Waals surface area contributed by atoms with Gasteiger partial charge in [0, 0.05) is 42.0 Å². The highest BCUT2D eigenvalue weighted by Crippen LogP contribution is 2.29. The van der Waals surface area contributed by atoms with Crippen LogP contribution in [0.4, 0.5) is 10.2 Å². The highest BCUT2D eigenvalue weighted by atomic mass is 127. The van der Waals surface area contributed by atoms with E-state index >= 15 is 0 Å². The lowest BCUT2D eigenvalue weighted by atomic mass is 10.0. The molecule has 1 aliphatic carbocycles. The van der Waals surface area contributed by atoms with Gasteiger partial charge in [-0.05, 0) is 52.3 Å². The molecule has 0 atom stereocenters. The molecule has 1 aliphatic rings. The number of carbonyl (C=O) groups is 2. The molecule has 0 fully saturated rings. The Balaban J connectivity index is 1.77. The summed E-state index contributed by atoms with van der Waals surface area (Å²) in [6, 6.07) is 3.95. The third-order valence-corrected chi connectivity index (χ3v) is 5.93. The van der Waals surface area contributed by atoms with Gasteiger partial charge in [-0.3, -0.25) is 9.59 Å². The van der Waals surface area contributed by atoms with Crippen LogP contribution in [0.3, 0.4) is 0 Å². The van der Waals surface area contributed by atoms with E-state index in [0.29, 0.717) is 37.3 Å². The Morgan fingerprint density at radius 3 is 2.86 bits per heavy atom. The fraction of sp³-hybridized carbons (Fsp3) is 0.316. The first-order valence-electron chi connectivity index (χ1n) is 9.10. The Morgan fingerprint density at radius 2 is 2.10 bits per heavy atom. The summed E-state index contributed by atoms with van der Waals surface area (Å²) in [5.41, 5.74) is 9.22. The molecule has 0 saturated carbocycles. The average molecular weight is 508 g/mol. The summed E-state index contributed by atoms with van der Waals surface area (Å²) in [6.07, 6.45) is 0.789. The van der Waals surface area contributed by atoms with Crippen LogP contribution in [0.5, 0.6) is 0 Å². The Morgan fingerprint density at radius 1 is 1.31 bits per heavy atom. The molecule has 1 aromatic carbocycles. The van der Waals surface area contributed by atoms with Gasteiger partial charge in [0.1, 0.15) is 5.82 Å². The van der Waals surface area contributed by atoms with E-state index in [-0.39, 0.29) is 23.2 Å². The van der Waals surface area contributed by atoms with Gasteiger partial charge in [-0.1, -0.05) is 0 Å². The molecule has 1 amide bonds. The third kappa shape index (κ3) is 3.80. The molecular formula is C19H18FIN6O2. The molecule has 150 valence electrons. The molecule has 10 heteroatoms. The minimum Gasteiger partial charge on any atom is -0.382 e. The number of anilines is 1. The molecule has 0 unspecified atom stereocenters. The fourth-order valence-electron chi connectivity index (χ4n) is 3.57. The number of imidazole rings is 1. The molecule has 0 saturated heterocycles. The van der Waals surface area contributed by atoms with Gasteiger partial charge >= 0.3 is 6.08 Å². The number of benzene rings is 1. The van der Waals surface area contributed by atoms with E-state index in [0.717, 1.165) is 26.7 Å². The van der Waals surface area contributed by atoms with Gasteiger partial charge in [0.25, 0.3) is 0 Å². The molecule has 2 heterocycles. The van der Waals surface area contributed by atoms with E-state index in [1.807, 2.05) is 12.1 Å². The largest absolute Gasteiger partial charge is 0.382 e. The van der Waals surface area contributed by atoms with Crippen LogP contribution in [0.15, 0.2) is 12.1 Å². The van der Waals surface area contributed by atoms with Crippen LogP contribution < -0.4 is 11.1 Å². The summed E-state index contributed by atoms with van der Waals surface area (Å²) in [7, 11) is 0. The molecule has 0 radical (unpaired) electrons. The number of nitrogens with zero attached hydrogens (tertiary/aromatic N) is 4. The summed E-state index contributed by atoms with van der Waals surface area (Å²) in [6.45, 7) is 2.11. The summed E-state index contributed by atoms with van der Waals surface area (Å²) < 4.78 is 16.5. The van der Waals surface area contributed by atoms with Crippen molar-refractivity contribution in [2.45, 2.75) is 32.7 Å². The van der Waals surface area contributed by atoms with Crippen molar-refractivity contribution in [1.29, 1.82) is 0 Å². The number of ketones is 1. The van der Waals surface area contributed by atoms with Crippen LogP contribution in [0.2, 0.25) is 0 Å². The number of halogens is 2. The van der Waals surface area contributed by atoms with Crippen LogP contribution in [0.1, 0.15) is 40.7 Å². The number of amides is 1. The number of nitrogen functional groups attached to an aromatic ring is 1. The summed E-state index contributed by atoms with van der Waals surface area (Å²) >= 11 is 2.25. The number of aromatic nitrogens is 4. The predicted molar refractivity (Wildman–Crippen MR) is 113 cm³/mol. The second-order valence-electron chi connectivity index (χ2n) is 6.91. The lowest BCUT2D eigenvalue weighted by Gasteiger charge is -2.11. The van der Waals surface area contributed by atoms with Gasteiger partial charge in [-0.15, -0.1) is 0 Å². The Bertz CT molecular complexity index is 1160. The van der Waals surface area contributed by atoms with Crippen LogP contribution >= 0.6 is 22.6 Å². The quantitative estimate of drug-likeness (QED) is 0.403. The van der Waals surface area contributed by atoms with Crippen molar-refractivity contribution < 1.29 is 14.0 Å². The van der Waals surface area contributed by atoms with Crippen molar-refractivity contribution in [2.24, 2.45) is 0 Å². The number of hydrogen-bond donors (Lipinski definition) is 2. The molecule has 0 aliphatic heterocycles. The summed E-state index contributed by atoms with van der Waals surface area (Å²) in [4.78, 5) is 35.3. The Labute approximate surface area is 179 Å². The second-order valence-corrected chi connectivity index (χ2v) is 8.08. The maximum atomic E-state index is 13.8. The van der Waals surface area contributed by atoms with Gasteiger partial charge in [0.15, 0.2) is 22.8 Å². The fourth-order valence-corrected chi connectivity index (χ4v) is 4.29. The Hall–Kier alpha value is -2.63. The van der Waals surface area contributed by atoms with E-state index in [9.17, 15) is 14.0 Å². The van der Waals surface area contributed by atoms with Crippen LogP contribution in [-0.2, 0) is 24.2 Å². The van der Waals surface area contributed by atoms with E-state index in [1.165, 1.54) is 6.92 Å². The minimum atomic E-state index is -0.931. The molecule has 29 heavy (non-hydrogen) atoms. The SMILES string of the molecule is CC(=O)NCCn1c(Cc2cc3c(cc2I)CCC3=O)nc2c(N)nc(F)nc21. The summed E-state index contributed by atoms with van der Waals surface area (Å²) in [5, 5.41) is 2.72. The van der Waals surface area contributed by atoms with E-state index in [2.05, 4.69) is 42.9 Å². The van der Waals surface area contributed by atoms with Crippen molar-refractivity contribution in [1.82, 2.24) is 24.8 Å². The topological polar surface area (TPSA) is 116 Å². The zero-order valence-electron chi connectivity index (χ0n) is 15.6. The number of carbonyl (C=O) groups excluding carboxylic acids is 2. The van der Waals surface area contributed by atoms with Crippen molar-refractivity contribution in [3.63, 3.8) is 0 Å². The summed E-state index contributed by atoms with van der Waals surface area (Å²) in [5.74, 6) is 0.558. The maximum absolute atomic E-state index is 13.8. The zero-order chi connectivity index (χ0) is 20.7. The lowest BCUT2D eigenvalue weighted by molar-refractivity contribution is -0.118. The first-order chi connectivity index (χ1) is 13.8. The van der Waals surface area contributed by atoms with Gasteiger partial charge < -0.3 is 15.6 Å². The average Bonchev–Trinajstić information content (AvgIpc) is 3.17. The molecule has 0 spiro atoms. The number of rotatable bonds is 5. The highest BCUT2D eigenvalue weighted by molar-refractivity contribution is 14.1. The standard InChI is InChI=1S/C19H18FIN6O2/c1-9(28)23-4-5-27-15(24-16-17(22)25-19(20)26-18(16)27)8-11-6-12-10(7-13(11)21)2-3-14(12)29/h6-7H,2-5,8H2,1H3,(H,23,28)(H2,22,25,26). The van der Waals surface area contributed by atoms with Crippen molar-refractivity contribution in [3.05, 3.63) is 44.3 Å². The first-order valence-corrected chi connectivity index (χ1v) is 10.2. The molecule has 3 aromatic rings. The van der Waals surface area contributed by atoms with Crippen molar-refractivity contribution in [2.75, 3.05) is 12.3 Å². The predicted octanol–water partition coefficient (Wildman–Crippen LogP) is 2.01. The Kier molecular flexibility index (Phi) is 5.19. The van der Waals surface area contributed by atoms with E-state index < -0.39 is 6.08 Å². The van der Waals surface area contributed by atoms with Crippen LogP contribution in [-0.4, -0.2) is 37.8 Å². The highest BCUT2D eigenvalue weighted by Gasteiger charge is 2.23. The molecule has 8 nitrogen and oxygen atoms in total.